The second kappa shape index (κ2) is 10.2. The molecule has 0 N–H and O–H groups in total. The third-order valence-electron chi connectivity index (χ3n) is 8.26. The molecule has 0 amide bonds. The maximum atomic E-state index is 5.27. The lowest BCUT2D eigenvalue weighted by Crippen LogP contribution is -2.38. The number of pyridine rings is 1. The second-order valence-electron chi connectivity index (χ2n) is 15.4. The van der Waals surface area contributed by atoms with Crippen molar-refractivity contribution in [3.05, 3.63) is 82.5 Å². The number of benzene rings is 3. The van der Waals surface area contributed by atoms with Crippen molar-refractivity contribution in [2.45, 2.75) is 93.8 Å². The zero-order valence-corrected chi connectivity index (χ0v) is 29.1. The van der Waals surface area contributed by atoms with Crippen molar-refractivity contribution in [2.75, 3.05) is 0 Å². The molecule has 0 aliphatic rings. The van der Waals surface area contributed by atoms with E-state index in [0.717, 1.165) is 12.1 Å². The van der Waals surface area contributed by atoms with E-state index < -0.39 is 8.07 Å². The molecule has 0 radical (unpaired) electrons. The first-order valence-corrected chi connectivity index (χ1v) is 19.3. The van der Waals surface area contributed by atoms with E-state index in [9.17, 15) is 0 Å². The molecule has 0 bridgehead atoms. The van der Waals surface area contributed by atoms with E-state index in [1.807, 2.05) is 11.3 Å². The van der Waals surface area contributed by atoms with Crippen LogP contribution in [0.15, 0.2) is 54.7 Å². The highest BCUT2D eigenvalue weighted by Gasteiger charge is 2.28. The van der Waals surface area contributed by atoms with Crippen LogP contribution in [0.4, 0.5) is 0 Å². The van der Waals surface area contributed by atoms with E-state index in [4.69, 9.17) is 4.98 Å². The topological polar surface area (TPSA) is 12.9 Å². The van der Waals surface area contributed by atoms with Gasteiger partial charge in [0.05, 0.1) is 18.5 Å². The highest BCUT2D eigenvalue weighted by molar-refractivity contribution is 7.23. The Hall–Kier alpha value is -2.75. The van der Waals surface area contributed by atoms with Gasteiger partial charge >= 0.3 is 0 Å². The molecule has 3 heteroatoms. The number of aromatic nitrogens is 1. The van der Waals surface area contributed by atoms with Crippen LogP contribution in [0.3, 0.4) is 0 Å². The molecule has 5 aromatic rings. The molecule has 0 fully saturated rings. The molecule has 5 rings (SSSR count). The molecule has 1 nitrogen and oxygen atoms in total. The molecule has 2 aromatic heterocycles. The van der Waals surface area contributed by atoms with Gasteiger partial charge in [-0.25, -0.2) is 0 Å². The highest BCUT2D eigenvalue weighted by Crippen LogP contribution is 2.45. The van der Waals surface area contributed by atoms with Gasteiger partial charge in [0.25, 0.3) is 0 Å². The molecular weight excluding hydrogens is 531 g/mol. The molecule has 0 saturated carbocycles. The van der Waals surface area contributed by atoms with Gasteiger partial charge in [0.1, 0.15) is 0 Å². The zero-order chi connectivity index (χ0) is 30.1. The van der Waals surface area contributed by atoms with Crippen LogP contribution < -0.4 is 5.19 Å². The Morgan fingerprint density at radius 2 is 1.46 bits per heavy atom. The number of thiophene rings is 1. The number of hydrogen-bond donors (Lipinski definition) is 0. The van der Waals surface area contributed by atoms with E-state index >= 15 is 0 Å². The summed E-state index contributed by atoms with van der Waals surface area (Å²) < 4.78 is 1.34. The summed E-state index contributed by atoms with van der Waals surface area (Å²) in [5.41, 5.74) is 11.0. The van der Waals surface area contributed by atoms with Crippen molar-refractivity contribution in [3.63, 3.8) is 0 Å². The average Bonchev–Trinajstić information content (AvgIpc) is 3.16. The minimum atomic E-state index is -1.64. The van der Waals surface area contributed by atoms with Crippen LogP contribution in [0.2, 0.25) is 19.6 Å². The number of rotatable bonds is 4. The Kier molecular flexibility index (Phi) is 7.40. The summed E-state index contributed by atoms with van der Waals surface area (Å²) in [6, 6.07) is 18.4. The monoisotopic (exact) mass is 577 g/mol. The van der Waals surface area contributed by atoms with Gasteiger partial charge in [-0.1, -0.05) is 97.6 Å². The van der Waals surface area contributed by atoms with Gasteiger partial charge in [-0.2, -0.15) is 0 Å². The SMILES string of the molecule is Cc1cc(CC(C)(C)C)cc(C)c1-c1sc2c(-c3cc(C(C)(C)C)c4ccccc4c3)ncc([Si](C)(C)C)c2c1C. The number of fused-ring (bicyclic) bond motifs is 2. The molecule has 0 unspecified atom stereocenters. The lowest BCUT2D eigenvalue weighted by atomic mass is 9.82. The summed E-state index contributed by atoms with van der Waals surface area (Å²) in [5, 5.41) is 5.53. The van der Waals surface area contributed by atoms with Gasteiger partial charge in [-0.15, -0.1) is 11.3 Å². The van der Waals surface area contributed by atoms with Crippen molar-refractivity contribution < 1.29 is 0 Å². The van der Waals surface area contributed by atoms with Crippen LogP contribution in [0.5, 0.6) is 0 Å². The Morgan fingerprint density at radius 3 is 2.05 bits per heavy atom. The standard InChI is InChI=1S/C38H47NSSi/c1-23-17-26(21-37(4,5)6)18-24(2)32(23)35-25(3)33-31(41(10,11)12)22-39-34(36(33)40-35)28-19-27-15-13-14-16-29(27)30(20-28)38(7,8)9/h13-20,22H,21H2,1-12H3. The lowest BCUT2D eigenvalue weighted by molar-refractivity contribution is 0.411. The molecule has 2 heterocycles. The summed E-state index contributed by atoms with van der Waals surface area (Å²) in [6.07, 6.45) is 3.30. The number of aryl methyl sites for hydroxylation is 3. The van der Waals surface area contributed by atoms with Crippen molar-refractivity contribution >= 4 is 45.5 Å². The van der Waals surface area contributed by atoms with Crippen molar-refractivity contribution in [2.24, 2.45) is 5.41 Å². The van der Waals surface area contributed by atoms with E-state index in [1.165, 1.54) is 69.9 Å². The van der Waals surface area contributed by atoms with E-state index in [-0.39, 0.29) is 10.8 Å². The minimum absolute atomic E-state index is 0.0343. The Labute approximate surface area is 253 Å². The first-order chi connectivity index (χ1) is 19.0. The molecule has 0 atom stereocenters. The van der Waals surface area contributed by atoms with Crippen LogP contribution in [0.1, 0.15) is 69.4 Å². The van der Waals surface area contributed by atoms with Gasteiger partial charge in [0, 0.05) is 16.6 Å². The largest absolute Gasteiger partial charge is 0.255 e. The van der Waals surface area contributed by atoms with Gasteiger partial charge in [-0.3, -0.25) is 4.98 Å². The third kappa shape index (κ3) is 5.68. The van der Waals surface area contributed by atoms with Crippen molar-refractivity contribution in [1.82, 2.24) is 4.98 Å². The fourth-order valence-corrected chi connectivity index (χ4v) is 9.58. The molecule has 3 aromatic carbocycles. The number of hydrogen-bond acceptors (Lipinski definition) is 2. The van der Waals surface area contributed by atoms with Gasteiger partial charge in [-0.05, 0) is 105 Å². The Morgan fingerprint density at radius 1 is 0.829 bits per heavy atom. The second-order valence-corrected chi connectivity index (χ2v) is 21.4. The maximum absolute atomic E-state index is 5.27. The predicted molar refractivity (Wildman–Crippen MR) is 187 cm³/mol. The van der Waals surface area contributed by atoms with Crippen molar-refractivity contribution in [1.29, 1.82) is 0 Å². The summed E-state index contributed by atoms with van der Waals surface area (Å²) in [5.74, 6) is 0. The minimum Gasteiger partial charge on any atom is -0.255 e. The number of nitrogens with zero attached hydrogens (tertiary/aromatic N) is 1. The molecular formula is C38H47NSSi. The zero-order valence-electron chi connectivity index (χ0n) is 27.3. The van der Waals surface area contributed by atoms with E-state index in [2.05, 4.69) is 137 Å². The lowest BCUT2D eigenvalue weighted by Gasteiger charge is -2.23. The van der Waals surface area contributed by atoms with Crippen LogP contribution in [-0.2, 0) is 11.8 Å². The highest BCUT2D eigenvalue weighted by atomic mass is 32.1. The average molecular weight is 578 g/mol. The fourth-order valence-electron chi connectivity index (χ4n) is 6.46. The van der Waals surface area contributed by atoms with Crippen LogP contribution in [0, 0.1) is 26.2 Å². The normalized spacial score (nSPS) is 13.0. The van der Waals surface area contributed by atoms with Gasteiger partial charge < -0.3 is 0 Å². The molecule has 0 aliphatic heterocycles. The summed E-state index contributed by atoms with van der Waals surface area (Å²) >= 11 is 1.95. The Balaban J connectivity index is 1.82. The van der Waals surface area contributed by atoms with Gasteiger partial charge in [0.2, 0.25) is 0 Å². The summed E-state index contributed by atoms with van der Waals surface area (Å²) in [4.78, 5) is 6.67. The van der Waals surface area contributed by atoms with E-state index in [0.29, 0.717) is 0 Å². The summed E-state index contributed by atoms with van der Waals surface area (Å²) in [6.45, 7) is 28.2. The van der Waals surface area contributed by atoms with Crippen LogP contribution in [-0.4, -0.2) is 13.1 Å². The predicted octanol–water partition coefficient (Wildman–Crippen LogP) is 11.1. The molecule has 0 saturated heterocycles. The van der Waals surface area contributed by atoms with Crippen molar-refractivity contribution in [3.8, 4) is 21.7 Å². The molecule has 0 spiro atoms. The maximum Gasteiger partial charge on any atom is 0.0880 e. The molecule has 41 heavy (non-hydrogen) atoms. The first-order valence-electron chi connectivity index (χ1n) is 15.0. The Bertz CT molecular complexity index is 1760. The van der Waals surface area contributed by atoms with Crippen LogP contribution >= 0.6 is 11.3 Å². The van der Waals surface area contributed by atoms with Gasteiger partial charge in [0.15, 0.2) is 0 Å². The quantitative estimate of drug-likeness (QED) is 0.194. The first kappa shape index (κ1) is 29.7. The smallest absolute Gasteiger partial charge is 0.0880 e. The summed E-state index contributed by atoms with van der Waals surface area (Å²) in [7, 11) is -1.64. The third-order valence-corrected chi connectivity index (χ3v) is 11.6. The van der Waals surface area contributed by atoms with E-state index in [1.54, 1.807) is 0 Å². The fraction of sp³-hybridized carbons (Fsp3) is 0.395. The molecule has 214 valence electrons. The van der Waals surface area contributed by atoms with Crippen LogP contribution in [0.25, 0.3) is 42.6 Å². The molecule has 0 aliphatic carbocycles.